The van der Waals surface area contributed by atoms with Gasteiger partial charge in [-0.05, 0) is 109 Å². The molecule has 0 amide bonds. The number of aromatic nitrogens is 2. The van der Waals surface area contributed by atoms with Crippen molar-refractivity contribution in [3.63, 3.8) is 0 Å². The van der Waals surface area contributed by atoms with Gasteiger partial charge in [-0.1, -0.05) is 165 Å². The average Bonchev–Trinajstić information content (AvgIpc) is 3.30. The summed E-state index contributed by atoms with van der Waals surface area (Å²) < 4.78 is 0. The molecule has 0 atom stereocenters. The van der Waals surface area contributed by atoms with E-state index in [0.29, 0.717) is 11.4 Å². The lowest BCUT2D eigenvalue weighted by Crippen LogP contribution is -1.98. The van der Waals surface area contributed by atoms with Crippen molar-refractivity contribution in [2.45, 2.75) is 13.3 Å². The van der Waals surface area contributed by atoms with Gasteiger partial charge in [-0.2, -0.15) is 5.26 Å². The molecule has 0 fully saturated rings. The maximum atomic E-state index is 9.52. The summed E-state index contributed by atoms with van der Waals surface area (Å²) in [5.41, 5.74) is 14.5. The molecule has 0 radical (unpaired) electrons. The van der Waals surface area contributed by atoms with Crippen LogP contribution in [0.2, 0.25) is 0 Å². The molecule has 3 heteroatoms. The number of hydrogen-bond acceptors (Lipinski definition) is 3. The molecule has 0 saturated heterocycles. The zero-order valence-electron chi connectivity index (χ0n) is 32.0. The molecule has 0 N–H and O–H groups in total. The van der Waals surface area contributed by atoms with Crippen LogP contribution in [0.25, 0.3) is 99.6 Å². The third-order valence-corrected chi connectivity index (χ3v) is 11.2. The van der Waals surface area contributed by atoms with Gasteiger partial charge < -0.3 is 0 Å². The summed E-state index contributed by atoms with van der Waals surface area (Å²) in [6.07, 6.45) is 0.994. The summed E-state index contributed by atoms with van der Waals surface area (Å²) in [6, 6.07) is 70.9. The van der Waals surface area contributed by atoms with Crippen molar-refractivity contribution in [3.05, 3.63) is 205 Å². The van der Waals surface area contributed by atoms with E-state index < -0.39 is 0 Å². The van der Waals surface area contributed by atoms with Gasteiger partial charge in [0.25, 0.3) is 0 Å². The van der Waals surface area contributed by atoms with E-state index in [0.717, 1.165) is 67.5 Å². The van der Waals surface area contributed by atoms with Gasteiger partial charge in [0.15, 0.2) is 5.82 Å². The predicted octanol–water partition coefficient (Wildman–Crippen LogP) is 14.4. The molecule has 58 heavy (non-hydrogen) atoms. The van der Waals surface area contributed by atoms with Crippen molar-refractivity contribution in [1.82, 2.24) is 9.97 Å². The van der Waals surface area contributed by atoms with Crippen LogP contribution in [-0.4, -0.2) is 9.97 Å². The van der Waals surface area contributed by atoms with Crippen LogP contribution in [0, 0.1) is 11.3 Å². The molecule has 0 spiro atoms. The van der Waals surface area contributed by atoms with Crippen molar-refractivity contribution < 1.29 is 0 Å². The van der Waals surface area contributed by atoms with Gasteiger partial charge in [0.2, 0.25) is 0 Å². The van der Waals surface area contributed by atoms with Crippen LogP contribution >= 0.6 is 0 Å². The molecule has 0 aliphatic heterocycles. The highest BCUT2D eigenvalue weighted by molar-refractivity contribution is 6.06. The Morgan fingerprint density at radius 3 is 1.64 bits per heavy atom. The van der Waals surface area contributed by atoms with E-state index in [1.165, 1.54) is 38.2 Å². The number of nitriles is 1. The fourth-order valence-electron chi connectivity index (χ4n) is 8.07. The normalized spacial score (nSPS) is 11.2. The van der Waals surface area contributed by atoms with Gasteiger partial charge in [0, 0.05) is 22.1 Å². The van der Waals surface area contributed by atoms with Gasteiger partial charge in [-0.3, -0.25) is 0 Å². The SMILES string of the molecule is CCc1cccc(-c2ccc(-c3nc(-c4ccc(-c5cccc(C#N)c5)cc4)nc4c(-c5ccc6ccccc6c5)cc(-c5ccc6ccccc6c5)cc34)cc2)c1. The molecule has 9 aromatic carbocycles. The highest BCUT2D eigenvalue weighted by atomic mass is 14.9. The molecule has 0 aliphatic rings. The second-order valence-corrected chi connectivity index (χ2v) is 14.8. The standard InChI is InChI=1S/C55H37N3/c1-2-36-9-7-15-44(29-36)40-17-23-42(24-18-40)53-52-34-50(48-27-21-38-11-3-5-13-46(38)31-48)33-51(49-28-22-39-12-4-6-14-47(39)32-49)54(52)58-55(57-53)43-25-19-41(20-26-43)45-16-8-10-37(30-45)35-56/h3-34H,2H2,1H3. The lowest BCUT2D eigenvalue weighted by Gasteiger charge is -2.16. The second kappa shape index (κ2) is 14.8. The van der Waals surface area contributed by atoms with Gasteiger partial charge in [0.05, 0.1) is 22.8 Å². The molecule has 0 saturated carbocycles. The van der Waals surface area contributed by atoms with Gasteiger partial charge in [0.1, 0.15) is 0 Å². The summed E-state index contributed by atoms with van der Waals surface area (Å²) in [5.74, 6) is 0.653. The van der Waals surface area contributed by atoms with Crippen LogP contribution < -0.4 is 0 Å². The monoisotopic (exact) mass is 739 g/mol. The minimum Gasteiger partial charge on any atom is -0.227 e. The third-order valence-electron chi connectivity index (χ3n) is 11.2. The Bertz CT molecular complexity index is 3210. The number of nitrogens with zero attached hydrogens (tertiary/aromatic N) is 3. The van der Waals surface area contributed by atoms with Crippen LogP contribution in [0.4, 0.5) is 0 Å². The zero-order chi connectivity index (χ0) is 39.0. The number of rotatable bonds is 7. The van der Waals surface area contributed by atoms with Crippen molar-refractivity contribution >= 4 is 32.4 Å². The van der Waals surface area contributed by atoms with E-state index in [2.05, 4.69) is 183 Å². The molecule has 10 aromatic rings. The third kappa shape index (κ3) is 6.57. The number of aryl methyl sites for hydroxylation is 1. The maximum Gasteiger partial charge on any atom is 0.160 e. The Morgan fingerprint density at radius 1 is 0.414 bits per heavy atom. The van der Waals surface area contributed by atoms with E-state index >= 15 is 0 Å². The van der Waals surface area contributed by atoms with Gasteiger partial charge in [-0.25, -0.2) is 9.97 Å². The van der Waals surface area contributed by atoms with Crippen LogP contribution in [0.15, 0.2) is 194 Å². The summed E-state index contributed by atoms with van der Waals surface area (Å²) in [4.78, 5) is 10.8. The Balaban J connectivity index is 1.21. The highest BCUT2D eigenvalue weighted by Gasteiger charge is 2.19. The van der Waals surface area contributed by atoms with E-state index in [1.54, 1.807) is 0 Å². The molecular formula is C55H37N3. The van der Waals surface area contributed by atoms with Crippen LogP contribution in [0.1, 0.15) is 18.1 Å². The Morgan fingerprint density at radius 2 is 0.966 bits per heavy atom. The van der Waals surface area contributed by atoms with E-state index in [4.69, 9.17) is 9.97 Å². The Labute approximate surface area is 338 Å². The van der Waals surface area contributed by atoms with Gasteiger partial charge in [-0.15, -0.1) is 0 Å². The molecule has 3 nitrogen and oxygen atoms in total. The van der Waals surface area contributed by atoms with Crippen molar-refractivity contribution in [1.29, 1.82) is 5.26 Å². The van der Waals surface area contributed by atoms with Crippen molar-refractivity contribution in [2.75, 3.05) is 0 Å². The summed E-state index contributed by atoms with van der Waals surface area (Å²) in [5, 5.41) is 15.3. The molecule has 0 aliphatic carbocycles. The molecule has 1 heterocycles. The van der Waals surface area contributed by atoms with Crippen molar-refractivity contribution in [2.24, 2.45) is 0 Å². The summed E-state index contributed by atoms with van der Waals surface area (Å²) in [6.45, 7) is 2.19. The first-order chi connectivity index (χ1) is 28.6. The van der Waals surface area contributed by atoms with E-state index in [9.17, 15) is 5.26 Å². The largest absolute Gasteiger partial charge is 0.227 e. The molecule has 0 unspecified atom stereocenters. The maximum absolute atomic E-state index is 9.52. The molecule has 0 bridgehead atoms. The summed E-state index contributed by atoms with van der Waals surface area (Å²) >= 11 is 0. The average molecular weight is 740 g/mol. The van der Waals surface area contributed by atoms with Crippen molar-refractivity contribution in [3.8, 4) is 73.2 Å². The fourth-order valence-corrected chi connectivity index (χ4v) is 8.07. The van der Waals surface area contributed by atoms with E-state index in [1.807, 2.05) is 24.3 Å². The first kappa shape index (κ1) is 34.8. The molecule has 1 aromatic heterocycles. The van der Waals surface area contributed by atoms with Crippen LogP contribution in [0.3, 0.4) is 0 Å². The highest BCUT2D eigenvalue weighted by Crippen LogP contribution is 2.40. The Kier molecular flexibility index (Phi) is 8.86. The lowest BCUT2D eigenvalue weighted by molar-refractivity contribution is 1.14. The number of benzene rings is 9. The lowest BCUT2D eigenvalue weighted by atomic mass is 9.91. The van der Waals surface area contributed by atoms with Gasteiger partial charge >= 0.3 is 0 Å². The predicted molar refractivity (Wildman–Crippen MR) is 241 cm³/mol. The Hall–Kier alpha value is -7.67. The number of fused-ring (bicyclic) bond motifs is 3. The fraction of sp³-hybridized carbons (Fsp3) is 0.0364. The zero-order valence-corrected chi connectivity index (χ0v) is 32.0. The molecule has 272 valence electrons. The topological polar surface area (TPSA) is 49.6 Å². The van der Waals surface area contributed by atoms with Crippen LogP contribution in [-0.2, 0) is 6.42 Å². The summed E-state index contributed by atoms with van der Waals surface area (Å²) in [7, 11) is 0. The first-order valence-corrected chi connectivity index (χ1v) is 19.7. The smallest absolute Gasteiger partial charge is 0.160 e. The number of hydrogen-bond donors (Lipinski definition) is 0. The second-order valence-electron chi connectivity index (χ2n) is 14.8. The first-order valence-electron chi connectivity index (χ1n) is 19.7. The molecule has 10 rings (SSSR count). The van der Waals surface area contributed by atoms with E-state index in [-0.39, 0.29) is 0 Å². The quantitative estimate of drug-likeness (QED) is 0.164. The minimum absolute atomic E-state index is 0.637. The van der Waals surface area contributed by atoms with Crippen LogP contribution in [0.5, 0.6) is 0 Å². The minimum atomic E-state index is 0.637. The molecular weight excluding hydrogens is 703 g/mol.